The average Bonchev–Trinajstić information content (AvgIpc) is 2.54. The number of rotatable bonds is 3. The molecule has 1 rings (SSSR count). The van der Waals surface area contributed by atoms with Crippen LogP contribution in [0.25, 0.3) is 0 Å². The Labute approximate surface area is 101 Å². The quantitative estimate of drug-likeness (QED) is 0.310. The van der Waals surface area contributed by atoms with E-state index in [2.05, 4.69) is 5.32 Å². The van der Waals surface area contributed by atoms with Crippen molar-refractivity contribution in [2.45, 2.75) is 12.2 Å². The molecule has 0 aromatic rings. The summed E-state index contributed by atoms with van der Waals surface area (Å²) in [5.41, 5.74) is 0. The van der Waals surface area contributed by atoms with Gasteiger partial charge in [0.2, 0.25) is 5.91 Å². The number of carbonyl (C=O) groups is 3. The van der Waals surface area contributed by atoms with E-state index < -0.39 is 24.1 Å². The predicted octanol–water partition coefficient (Wildman–Crippen LogP) is -3.14. The second-order valence-corrected chi connectivity index (χ2v) is 3.32. The molecule has 2 unspecified atom stereocenters. The van der Waals surface area contributed by atoms with Gasteiger partial charge in [0.15, 0.2) is 18.2 Å². The summed E-state index contributed by atoms with van der Waals surface area (Å²) < 4.78 is 0. The number of amides is 1. The number of carboxylic acids is 2. The van der Waals surface area contributed by atoms with Gasteiger partial charge in [-0.2, -0.15) is 0 Å². The number of aliphatic hydroxyl groups excluding tert-OH is 2. The Bertz CT molecular complexity index is 352. The Hall–Kier alpha value is -2.20. The van der Waals surface area contributed by atoms with Gasteiger partial charge in [-0.25, -0.2) is 9.59 Å². The van der Waals surface area contributed by atoms with E-state index in [1.54, 1.807) is 11.9 Å². The lowest BCUT2D eigenvalue weighted by molar-refractivity contribution is -0.165. The molecule has 0 radical (unpaired) electrons. The molecule has 1 fully saturated rings. The van der Waals surface area contributed by atoms with Crippen molar-refractivity contribution in [2.75, 3.05) is 13.6 Å². The van der Waals surface area contributed by atoms with Crippen LogP contribution in [0.5, 0.6) is 0 Å². The zero-order valence-electron chi connectivity index (χ0n) is 9.32. The molecule has 1 amide bonds. The van der Waals surface area contributed by atoms with Crippen LogP contribution in [-0.4, -0.2) is 74.9 Å². The predicted molar refractivity (Wildman–Crippen MR) is 55.8 cm³/mol. The van der Waals surface area contributed by atoms with Crippen LogP contribution < -0.4 is 5.32 Å². The molecule has 102 valence electrons. The third-order valence-corrected chi connectivity index (χ3v) is 1.83. The monoisotopic (exact) mass is 263 g/mol. The number of likely N-dealkylation sites (N-methyl/N-ethyl adjacent to an activating group) is 1. The summed E-state index contributed by atoms with van der Waals surface area (Å²) in [6.07, 6.45) is -4.53. The van der Waals surface area contributed by atoms with Gasteiger partial charge in [-0.1, -0.05) is 0 Å². The first-order valence-corrected chi connectivity index (χ1v) is 4.58. The molecule has 6 N–H and O–H groups in total. The maximum absolute atomic E-state index is 10.4. The molecule has 0 aromatic carbocycles. The van der Waals surface area contributed by atoms with E-state index in [0.717, 1.165) is 0 Å². The molecule has 0 saturated carbocycles. The van der Waals surface area contributed by atoms with Gasteiger partial charge in [-0.15, -0.1) is 0 Å². The summed E-state index contributed by atoms with van der Waals surface area (Å²) in [6, 6.07) is 0. The van der Waals surface area contributed by atoms with Gasteiger partial charge < -0.3 is 25.3 Å². The van der Waals surface area contributed by atoms with Crippen molar-refractivity contribution in [3.63, 3.8) is 0 Å². The van der Waals surface area contributed by atoms with Crippen LogP contribution in [-0.2, 0) is 14.4 Å². The molecule has 2 atom stereocenters. The Kier molecular flexibility index (Phi) is 5.72. The molecule has 10 heteroatoms. The topological polar surface area (TPSA) is 171 Å². The third kappa shape index (κ3) is 4.76. The van der Waals surface area contributed by atoms with Crippen LogP contribution in [0.3, 0.4) is 0 Å². The molecular formula is C8H13N3O7. The minimum absolute atomic E-state index is 0.0995. The normalized spacial score (nSPS) is 17.4. The Balaban J connectivity index is 0.000000327. The fourth-order valence-corrected chi connectivity index (χ4v) is 0.832. The van der Waals surface area contributed by atoms with Gasteiger partial charge in [0.1, 0.15) is 0 Å². The van der Waals surface area contributed by atoms with Gasteiger partial charge in [-0.3, -0.25) is 15.5 Å². The maximum Gasteiger partial charge on any atom is 0.335 e. The second-order valence-electron chi connectivity index (χ2n) is 3.32. The van der Waals surface area contributed by atoms with Crippen LogP contribution in [0.4, 0.5) is 0 Å². The van der Waals surface area contributed by atoms with Crippen molar-refractivity contribution in [2.24, 2.45) is 0 Å². The van der Waals surface area contributed by atoms with E-state index in [-0.39, 0.29) is 11.9 Å². The van der Waals surface area contributed by atoms with Crippen molar-refractivity contribution in [3.8, 4) is 0 Å². The molecule has 0 aromatic heterocycles. The first-order valence-electron chi connectivity index (χ1n) is 4.58. The fourth-order valence-electron chi connectivity index (χ4n) is 0.832. The first kappa shape index (κ1) is 15.8. The number of nitrogens with zero attached hydrogens (tertiary/aromatic N) is 1. The zero-order chi connectivity index (χ0) is 14.5. The van der Waals surface area contributed by atoms with E-state index >= 15 is 0 Å². The van der Waals surface area contributed by atoms with Crippen molar-refractivity contribution in [1.29, 1.82) is 5.41 Å². The molecule has 0 aliphatic carbocycles. The second kappa shape index (κ2) is 6.51. The molecular weight excluding hydrogens is 250 g/mol. The standard InChI is InChI=1S/C4H7N3O.C4H6O6/c1-7-2-3(8)6-4(7)5;5-1(3(7)8)2(6)4(9)10/h2H2,1H3,(H2,5,6,8);1-2,5-6H,(H,7,8)(H,9,10). The van der Waals surface area contributed by atoms with Crippen LogP contribution in [0, 0.1) is 5.41 Å². The molecule has 1 aliphatic heterocycles. The number of carbonyl (C=O) groups excluding carboxylic acids is 1. The van der Waals surface area contributed by atoms with E-state index in [9.17, 15) is 14.4 Å². The summed E-state index contributed by atoms with van der Waals surface area (Å²) in [7, 11) is 1.69. The lowest BCUT2D eigenvalue weighted by Crippen LogP contribution is -2.39. The lowest BCUT2D eigenvalue weighted by Gasteiger charge is -2.07. The summed E-state index contributed by atoms with van der Waals surface area (Å²) in [6.45, 7) is 0.318. The van der Waals surface area contributed by atoms with E-state index in [0.29, 0.717) is 6.54 Å². The molecule has 1 saturated heterocycles. The van der Waals surface area contributed by atoms with Gasteiger partial charge >= 0.3 is 11.9 Å². The highest BCUT2D eigenvalue weighted by Gasteiger charge is 2.29. The molecule has 0 bridgehead atoms. The Morgan fingerprint density at radius 2 is 1.67 bits per heavy atom. The van der Waals surface area contributed by atoms with Crippen molar-refractivity contribution in [3.05, 3.63) is 0 Å². The Morgan fingerprint density at radius 3 is 1.78 bits per heavy atom. The van der Waals surface area contributed by atoms with Gasteiger partial charge in [-0.05, 0) is 0 Å². The fraction of sp³-hybridized carbons (Fsp3) is 0.500. The first-order chi connectivity index (χ1) is 8.16. The summed E-state index contributed by atoms with van der Waals surface area (Å²) in [4.78, 5) is 31.5. The molecule has 0 spiro atoms. The maximum atomic E-state index is 10.4. The zero-order valence-corrected chi connectivity index (χ0v) is 9.32. The van der Waals surface area contributed by atoms with E-state index in [1.165, 1.54) is 0 Å². The number of carboxylic acid groups (broad SMARTS) is 2. The van der Waals surface area contributed by atoms with Gasteiger partial charge in [0, 0.05) is 7.05 Å². The summed E-state index contributed by atoms with van der Waals surface area (Å²) in [5, 5.41) is 41.8. The highest BCUT2D eigenvalue weighted by Crippen LogP contribution is 1.92. The minimum Gasteiger partial charge on any atom is -0.479 e. The molecule has 18 heavy (non-hydrogen) atoms. The summed E-state index contributed by atoms with van der Waals surface area (Å²) >= 11 is 0. The largest absolute Gasteiger partial charge is 0.479 e. The number of aliphatic carboxylic acids is 2. The highest BCUT2D eigenvalue weighted by molar-refractivity contribution is 6.02. The SMILES string of the molecule is CN1CC(=O)NC1=N.O=C(O)C(O)C(O)C(=O)O. The van der Waals surface area contributed by atoms with Crippen LogP contribution in [0.15, 0.2) is 0 Å². The van der Waals surface area contributed by atoms with Crippen LogP contribution in [0.2, 0.25) is 0 Å². The lowest BCUT2D eigenvalue weighted by atomic mass is 10.2. The van der Waals surface area contributed by atoms with Crippen molar-refractivity contribution < 1.29 is 34.8 Å². The number of aliphatic hydroxyl groups is 2. The summed E-state index contributed by atoms with van der Waals surface area (Å²) in [5.74, 6) is -3.45. The van der Waals surface area contributed by atoms with Crippen molar-refractivity contribution >= 4 is 23.8 Å². The molecule has 1 heterocycles. The average molecular weight is 263 g/mol. The van der Waals surface area contributed by atoms with Crippen molar-refractivity contribution in [1.82, 2.24) is 10.2 Å². The number of guanidine groups is 1. The van der Waals surface area contributed by atoms with Crippen LogP contribution >= 0.6 is 0 Å². The number of hydrogen-bond acceptors (Lipinski definition) is 6. The minimum atomic E-state index is -2.27. The van der Waals surface area contributed by atoms with E-state index in [4.69, 9.17) is 25.8 Å². The highest BCUT2D eigenvalue weighted by atomic mass is 16.4. The van der Waals surface area contributed by atoms with Gasteiger partial charge in [0.05, 0.1) is 6.54 Å². The molecule has 10 nitrogen and oxygen atoms in total. The van der Waals surface area contributed by atoms with E-state index in [1.807, 2.05) is 0 Å². The van der Waals surface area contributed by atoms with Gasteiger partial charge in [0.25, 0.3) is 0 Å². The third-order valence-electron chi connectivity index (χ3n) is 1.83. The van der Waals surface area contributed by atoms with Crippen LogP contribution in [0.1, 0.15) is 0 Å². The number of hydrogen-bond donors (Lipinski definition) is 6. The smallest absolute Gasteiger partial charge is 0.335 e. The molecule has 1 aliphatic rings. The number of nitrogens with one attached hydrogen (secondary N) is 2. The Morgan fingerprint density at radius 1 is 1.28 bits per heavy atom.